The van der Waals surface area contributed by atoms with Gasteiger partial charge in [-0.15, -0.1) is 0 Å². The van der Waals surface area contributed by atoms with Crippen LogP contribution in [0.4, 0.5) is 5.82 Å². The van der Waals surface area contributed by atoms with Crippen molar-refractivity contribution in [3.05, 3.63) is 12.0 Å². The van der Waals surface area contributed by atoms with Crippen LogP contribution in [0.2, 0.25) is 0 Å². The van der Waals surface area contributed by atoms with Crippen molar-refractivity contribution in [1.82, 2.24) is 19.4 Å². The third kappa shape index (κ3) is 1.65. The minimum Gasteiger partial charge on any atom is -0.345 e. The number of nitrogens with zero attached hydrogens (tertiary/aromatic N) is 5. The molecule has 0 saturated heterocycles. The van der Waals surface area contributed by atoms with Gasteiger partial charge in [0.05, 0.1) is 19.7 Å². The third-order valence-electron chi connectivity index (χ3n) is 2.74. The Morgan fingerprint density at radius 2 is 1.75 bits per heavy atom. The van der Waals surface area contributed by atoms with E-state index in [1.165, 1.54) is 0 Å². The summed E-state index contributed by atoms with van der Waals surface area (Å²) in [6, 6.07) is 0. The van der Waals surface area contributed by atoms with Crippen molar-refractivity contribution in [3.8, 4) is 0 Å². The van der Waals surface area contributed by atoms with Gasteiger partial charge >= 0.3 is 0 Å². The molecule has 0 N–H and O–H groups in total. The number of amides is 1. The van der Waals surface area contributed by atoms with Crippen molar-refractivity contribution in [2.45, 2.75) is 0 Å². The predicted molar refractivity (Wildman–Crippen MR) is 61.2 cm³/mol. The van der Waals surface area contributed by atoms with E-state index in [0.717, 1.165) is 12.5 Å². The first kappa shape index (κ1) is 10.9. The molecular weight excluding hydrogens is 206 g/mol. The second-order valence-electron chi connectivity index (χ2n) is 4.37. The molecule has 0 atom stereocenters. The van der Waals surface area contributed by atoms with Crippen molar-refractivity contribution in [2.24, 2.45) is 7.05 Å². The largest absolute Gasteiger partial charge is 0.345 e. The van der Waals surface area contributed by atoms with Crippen molar-refractivity contribution >= 4 is 11.7 Å². The van der Waals surface area contributed by atoms with Crippen LogP contribution in [-0.2, 0) is 7.05 Å². The minimum atomic E-state index is 0.00778. The second kappa shape index (κ2) is 3.79. The van der Waals surface area contributed by atoms with Gasteiger partial charge in [-0.05, 0) is 7.05 Å². The van der Waals surface area contributed by atoms with Crippen LogP contribution in [0.1, 0.15) is 10.5 Å². The number of hydrogen-bond acceptors (Lipinski definition) is 4. The van der Waals surface area contributed by atoms with Crippen molar-refractivity contribution in [1.29, 1.82) is 0 Å². The average molecular weight is 223 g/mol. The smallest absolute Gasteiger partial charge is 0.275 e. The van der Waals surface area contributed by atoms with Crippen LogP contribution in [0, 0.1) is 0 Å². The molecule has 88 valence electrons. The lowest BCUT2D eigenvalue weighted by atomic mass is 10.3. The van der Waals surface area contributed by atoms with Crippen molar-refractivity contribution < 1.29 is 4.79 Å². The summed E-state index contributed by atoms with van der Waals surface area (Å²) in [5.74, 6) is 0.749. The van der Waals surface area contributed by atoms with Crippen LogP contribution in [0.5, 0.6) is 0 Å². The van der Waals surface area contributed by atoms with Gasteiger partial charge in [0.15, 0.2) is 11.5 Å². The van der Waals surface area contributed by atoms with Crippen LogP contribution < -0.4 is 4.90 Å². The zero-order valence-corrected chi connectivity index (χ0v) is 10.1. The first-order valence-electron chi connectivity index (χ1n) is 5.17. The topological polar surface area (TPSA) is 44.6 Å². The Labute approximate surface area is 95.1 Å². The summed E-state index contributed by atoms with van der Waals surface area (Å²) in [6.07, 6.45) is 1.68. The SMILES string of the molecule is CN1CN(C)C(=O)c2c(ncn2C)N(C)C1. The van der Waals surface area contributed by atoms with Crippen LogP contribution in [0.25, 0.3) is 0 Å². The van der Waals surface area contributed by atoms with Crippen LogP contribution in [0.3, 0.4) is 0 Å². The van der Waals surface area contributed by atoms with Gasteiger partial charge in [0.25, 0.3) is 5.91 Å². The fourth-order valence-electron chi connectivity index (χ4n) is 2.02. The van der Waals surface area contributed by atoms with E-state index in [1.807, 2.05) is 26.0 Å². The number of rotatable bonds is 0. The number of anilines is 1. The summed E-state index contributed by atoms with van der Waals surface area (Å²) in [7, 11) is 7.58. The van der Waals surface area contributed by atoms with E-state index in [0.29, 0.717) is 12.4 Å². The number of aromatic nitrogens is 2. The fraction of sp³-hybridized carbons (Fsp3) is 0.600. The maximum absolute atomic E-state index is 12.2. The number of carbonyl (C=O) groups is 1. The van der Waals surface area contributed by atoms with E-state index in [-0.39, 0.29) is 5.91 Å². The second-order valence-corrected chi connectivity index (χ2v) is 4.37. The van der Waals surface area contributed by atoms with Gasteiger partial charge in [0.2, 0.25) is 0 Å². The molecule has 6 nitrogen and oxygen atoms in total. The number of imidazole rings is 1. The van der Waals surface area contributed by atoms with Gasteiger partial charge in [-0.2, -0.15) is 0 Å². The molecule has 1 aromatic rings. The van der Waals surface area contributed by atoms with Gasteiger partial charge in [-0.3, -0.25) is 9.69 Å². The summed E-state index contributed by atoms with van der Waals surface area (Å²) in [6.45, 7) is 1.37. The molecule has 0 spiro atoms. The highest BCUT2D eigenvalue weighted by molar-refractivity contribution is 5.97. The molecule has 2 heterocycles. The molecule has 16 heavy (non-hydrogen) atoms. The highest BCUT2D eigenvalue weighted by Crippen LogP contribution is 2.20. The molecule has 1 amide bonds. The maximum Gasteiger partial charge on any atom is 0.275 e. The Kier molecular flexibility index (Phi) is 2.59. The summed E-state index contributed by atoms with van der Waals surface area (Å²) in [4.78, 5) is 22.2. The van der Waals surface area contributed by atoms with Crippen LogP contribution >= 0.6 is 0 Å². The predicted octanol–water partition coefficient (Wildman–Crippen LogP) is -0.211. The van der Waals surface area contributed by atoms with E-state index in [9.17, 15) is 4.79 Å². The Bertz CT molecular complexity index is 413. The number of fused-ring (bicyclic) bond motifs is 1. The summed E-state index contributed by atoms with van der Waals surface area (Å²) < 4.78 is 1.77. The van der Waals surface area contributed by atoms with Gasteiger partial charge in [-0.25, -0.2) is 4.98 Å². The molecular formula is C10H17N5O. The van der Waals surface area contributed by atoms with E-state index in [4.69, 9.17) is 0 Å². The van der Waals surface area contributed by atoms with Crippen molar-refractivity contribution in [3.63, 3.8) is 0 Å². The van der Waals surface area contributed by atoms with Gasteiger partial charge < -0.3 is 14.4 Å². The Morgan fingerprint density at radius 1 is 1.12 bits per heavy atom. The zero-order chi connectivity index (χ0) is 11.9. The quantitative estimate of drug-likeness (QED) is 0.610. The van der Waals surface area contributed by atoms with Crippen LogP contribution in [-0.4, -0.2) is 59.7 Å². The summed E-state index contributed by atoms with van der Waals surface area (Å²) >= 11 is 0. The van der Waals surface area contributed by atoms with E-state index in [2.05, 4.69) is 9.88 Å². The third-order valence-corrected chi connectivity index (χ3v) is 2.74. The molecule has 0 aromatic carbocycles. The lowest BCUT2D eigenvalue weighted by Gasteiger charge is -2.32. The fourth-order valence-corrected chi connectivity index (χ4v) is 2.02. The summed E-state index contributed by atoms with van der Waals surface area (Å²) in [5.41, 5.74) is 0.651. The molecule has 0 unspecified atom stereocenters. The molecule has 1 aliphatic heterocycles. The molecule has 0 saturated carbocycles. The zero-order valence-electron chi connectivity index (χ0n) is 10.1. The molecule has 0 bridgehead atoms. The maximum atomic E-state index is 12.2. The lowest BCUT2D eigenvalue weighted by Crippen LogP contribution is -2.45. The van der Waals surface area contributed by atoms with Gasteiger partial charge in [0.1, 0.15) is 0 Å². The van der Waals surface area contributed by atoms with E-state index < -0.39 is 0 Å². The minimum absolute atomic E-state index is 0.00778. The molecule has 0 fully saturated rings. The molecule has 1 aromatic heterocycles. The lowest BCUT2D eigenvalue weighted by molar-refractivity contribution is 0.0692. The monoisotopic (exact) mass is 223 g/mol. The highest BCUT2D eigenvalue weighted by Gasteiger charge is 2.26. The molecule has 0 aliphatic carbocycles. The first-order valence-corrected chi connectivity index (χ1v) is 5.17. The highest BCUT2D eigenvalue weighted by atomic mass is 16.2. The Balaban J connectivity index is 2.48. The van der Waals surface area contributed by atoms with E-state index in [1.54, 1.807) is 22.8 Å². The normalized spacial score (nSPS) is 18.4. The molecule has 1 aliphatic rings. The van der Waals surface area contributed by atoms with Crippen LogP contribution in [0.15, 0.2) is 6.33 Å². The Hall–Kier alpha value is -1.56. The van der Waals surface area contributed by atoms with Gasteiger partial charge in [-0.1, -0.05) is 0 Å². The average Bonchev–Trinajstić information content (AvgIpc) is 2.57. The number of aryl methyl sites for hydroxylation is 1. The molecule has 6 heteroatoms. The van der Waals surface area contributed by atoms with Crippen molar-refractivity contribution in [2.75, 3.05) is 39.4 Å². The van der Waals surface area contributed by atoms with Gasteiger partial charge in [0, 0.05) is 21.1 Å². The first-order chi connectivity index (χ1) is 7.50. The number of carbonyl (C=O) groups excluding carboxylic acids is 1. The number of hydrogen-bond donors (Lipinski definition) is 0. The Morgan fingerprint density at radius 3 is 2.44 bits per heavy atom. The van der Waals surface area contributed by atoms with E-state index >= 15 is 0 Å². The standard InChI is InChI=1S/C10H17N5O/c1-12-6-14(3)9-8(13(2)5-11-9)10(16)15(4)7-12/h5H,6-7H2,1-4H3. The molecule has 0 radical (unpaired) electrons. The summed E-state index contributed by atoms with van der Waals surface area (Å²) in [5, 5.41) is 0. The molecule has 2 rings (SSSR count).